The summed E-state index contributed by atoms with van der Waals surface area (Å²) in [5, 5.41) is 0. The number of unbranched alkanes of at least 4 members (excludes halogenated alkanes) is 2. The normalized spacial score (nSPS) is 12.0. The summed E-state index contributed by atoms with van der Waals surface area (Å²) in [4.78, 5) is 23.0. The van der Waals surface area contributed by atoms with E-state index in [-0.39, 0.29) is 24.8 Å². The third-order valence-electron chi connectivity index (χ3n) is 3.78. The van der Waals surface area contributed by atoms with E-state index in [0.717, 1.165) is 38.7 Å². The van der Waals surface area contributed by atoms with Crippen molar-refractivity contribution in [3.8, 4) is 0 Å². The van der Waals surface area contributed by atoms with Crippen molar-refractivity contribution in [3.05, 3.63) is 0 Å². The minimum atomic E-state index is -0.323. The number of rotatable bonds is 15. The van der Waals surface area contributed by atoms with Crippen LogP contribution in [0.15, 0.2) is 0 Å². The third kappa shape index (κ3) is 14.2. The molecule has 0 aromatic heterocycles. The number of hydrogen-bond acceptors (Lipinski definition) is 5. The van der Waals surface area contributed by atoms with Gasteiger partial charge in [-0.2, -0.15) is 0 Å². The van der Waals surface area contributed by atoms with Crippen LogP contribution >= 0.6 is 0 Å². The molecule has 0 aliphatic heterocycles. The standard InChI is InChI=1S/C18H34O5/c1-4-6-8-16(11-14-21-3)12-15-23-18(20)10-9-17(19)22-13-7-5-2/h16H,4-15H2,1-3H3. The predicted octanol–water partition coefficient (Wildman–Crippen LogP) is 3.89. The maximum Gasteiger partial charge on any atom is 0.306 e. The Kier molecular flexibility index (Phi) is 15.0. The fraction of sp³-hybridized carbons (Fsp3) is 0.889. The van der Waals surface area contributed by atoms with Crippen LogP contribution in [-0.2, 0) is 23.8 Å². The van der Waals surface area contributed by atoms with E-state index in [0.29, 0.717) is 19.1 Å². The van der Waals surface area contributed by atoms with Crippen LogP contribution in [0.4, 0.5) is 0 Å². The minimum absolute atomic E-state index is 0.0999. The Balaban J connectivity index is 3.77. The van der Waals surface area contributed by atoms with Gasteiger partial charge in [0.25, 0.3) is 0 Å². The largest absolute Gasteiger partial charge is 0.466 e. The molecular weight excluding hydrogens is 296 g/mol. The van der Waals surface area contributed by atoms with E-state index in [4.69, 9.17) is 14.2 Å². The highest BCUT2D eigenvalue weighted by molar-refractivity contribution is 5.77. The van der Waals surface area contributed by atoms with Crippen molar-refractivity contribution in [2.24, 2.45) is 5.92 Å². The van der Waals surface area contributed by atoms with Crippen LogP contribution in [0.2, 0.25) is 0 Å². The van der Waals surface area contributed by atoms with Gasteiger partial charge in [0, 0.05) is 13.7 Å². The molecule has 0 saturated heterocycles. The van der Waals surface area contributed by atoms with E-state index in [1.54, 1.807) is 7.11 Å². The lowest BCUT2D eigenvalue weighted by Gasteiger charge is -2.16. The molecule has 1 unspecified atom stereocenters. The molecule has 23 heavy (non-hydrogen) atoms. The summed E-state index contributed by atoms with van der Waals surface area (Å²) < 4.78 is 15.4. The monoisotopic (exact) mass is 330 g/mol. The van der Waals surface area contributed by atoms with Gasteiger partial charge >= 0.3 is 11.9 Å². The number of esters is 2. The third-order valence-corrected chi connectivity index (χ3v) is 3.78. The zero-order chi connectivity index (χ0) is 17.3. The van der Waals surface area contributed by atoms with E-state index >= 15 is 0 Å². The number of methoxy groups -OCH3 is 1. The highest BCUT2D eigenvalue weighted by Gasteiger charge is 2.12. The van der Waals surface area contributed by atoms with Crippen LogP contribution in [0, 0.1) is 5.92 Å². The molecule has 5 nitrogen and oxygen atoms in total. The maximum atomic E-state index is 11.6. The Labute approximate surface area is 141 Å². The van der Waals surface area contributed by atoms with Crippen molar-refractivity contribution in [2.75, 3.05) is 26.9 Å². The van der Waals surface area contributed by atoms with Crippen molar-refractivity contribution < 1.29 is 23.8 Å². The Morgan fingerprint density at radius 3 is 1.91 bits per heavy atom. The molecule has 0 heterocycles. The van der Waals surface area contributed by atoms with E-state index in [1.807, 2.05) is 6.92 Å². The van der Waals surface area contributed by atoms with Crippen LogP contribution in [0.25, 0.3) is 0 Å². The smallest absolute Gasteiger partial charge is 0.306 e. The molecule has 0 amide bonds. The van der Waals surface area contributed by atoms with Crippen molar-refractivity contribution >= 4 is 11.9 Å². The van der Waals surface area contributed by atoms with E-state index < -0.39 is 0 Å². The van der Waals surface area contributed by atoms with E-state index in [2.05, 4.69) is 6.92 Å². The fourth-order valence-electron chi connectivity index (χ4n) is 2.23. The first-order valence-electron chi connectivity index (χ1n) is 8.94. The van der Waals surface area contributed by atoms with Gasteiger partial charge in [-0.15, -0.1) is 0 Å². The molecule has 0 saturated carbocycles. The fourth-order valence-corrected chi connectivity index (χ4v) is 2.23. The van der Waals surface area contributed by atoms with Gasteiger partial charge in [0.05, 0.1) is 26.1 Å². The van der Waals surface area contributed by atoms with Gasteiger partial charge in [0.15, 0.2) is 0 Å². The zero-order valence-electron chi connectivity index (χ0n) is 15.1. The van der Waals surface area contributed by atoms with Crippen molar-refractivity contribution in [3.63, 3.8) is 0 Å². The Morgan fingerprint density at radius 1 is 0.783 bits per heavy atom. The summed E-state index contributed by atoms with van der Waals surface area (Å²) in [6.07, 6.45) is 7.40. The van der Waals surface area contributed by atoms with Gasteiger partial charge in [-0.1, -0.05) is 39.5 Å². The molecule has 0 rings (SSSR count). The number of carbonyl (C=O) groups is 2. The first-order chi connectivity index (χ1) is 11.1. The first-order valence-corrected chi connectivity index (χ1v) is 8.94. The van der Waals surface area contributed by atoms with Gasteiger partial charge in [0.2, 0.25) is 0 Å². The first kappa shape index (κ1) is 21.9. The van der Waals surface area contributed by atoms with Crippen LogP contribution in [0.1, 0.15) is 71.6 Å². The molecule has 0 aromatic rings. The average molecular weight is 330 g/mol. The second-order valence-corrected chi connectivity index (χ2v) is 5.87. The van der Waals surface area contributed by atoms with E-state index in [9.17, 15) is 9.59 Å². The number of hydrogen-bond donors (Lipinski definition) is 0. The van der Waals surface area contributed by atoms with Gasteiger partial charge < -0.3 is 14.2 Å². The molecule has 0 bridgehead atoms. The average Bonchev–Trinajstić information content (AvgIpc) is 2.55. The lowest BCUT2D eigenvalue weighted by atomic mass is 9.96. The maximum absolute atomic E-state index is 11.6. The quantitative estimate of drug-likeness (QED) is 0.337. The molecule has 5 heteroatoms. The summed E-state index contributed by atoms with van der Waals surface area (Å²) in [7, 11) is 1.70. The molecule has 0 radical (unpaired) electrons. The lowest BCUT2D eigenvalue weighted by Crippen LogP contribution is -2.14. The summed E-state index contributed by atoms with van der Waals surface area (Å²) in [6, 6.07) is 0. The Hall–Kier alpha value is -1.10. The number of ether oxygens (including phenoxy) is 3. The van der Waals surface area contributed by atoms with Gasteiger partial charge in [-0.05, 0) is 25.2 Å². The molecule has 1 atom stereocenters. The second-order valence-electron chi connectivity index (χ2n) is 5.87. The molecule has 0 aliphatic rings. The van der Waals surface area contributed by atoms with Crippen LogP contribution in [0.3, 0.4) is 0 Å². The van der Waals surface area contributed by atoms with E-state index in [1.165, 1.54) is 12.8 Å². The summed E-state index contributed by atoms with van der Waals surface area (Å²) in [6.45, 7) is 5.80. The Morgan fingerprint density at radius 2 is 1.35 bits per heavy atom. The number of carbonyl (C=O) groups excluding carboxylic acids is 2. The molecule has 136 valence electrons. The lowest BCUT2D eigenvalue weighted by molar-refractivity contribution is -0.150. The van der Waals surface area contributed by atoms with Gasteiger partial charge in [0.1, 0.15) is 0 Å². The molecule has 0 aliphatic carbocycles. The van der Waals surface area contributed by atoms with Crippen LogP contribution < -0.4 is 0 Å². The molecule has 0 N–H and O–H groups in total. The Bertz CT molecular complexity index is 296. The van der Waals surface area contributed by atoms with Crippen molar-refractivity contribution in [1.82, 2.24) is 0 Å². The van der Waals surface area contributed by atoms with Gasteiger partial charge in [-0.25, -0.2) is 0 Å². The minimum Gasteiger partial charge on any atom is -0.466 e. The van der Waals surface area contributed by atoms with Crippen LogP contribution in [0.5, 0.6) is 0 Å². The summed E-state index contributed by atoms with van der Waals surface area (Å²) in [5.41, 5.74) is 0. The molecule has 0 aromatic carbocycles. The SMILES string of the molecule is CCCCOC(=O)CCC(=O)OCCC(CCCC)CCOC. The summed E-state index contributed by atoms with van der Waals surface area (Å²) in [5.74, 6) is -0.114. The zero-order valence-corrected chi connectivity index (χ0v) is 15.1. The molecule has 0 spiro atoms. The van der Waals surface area contributed by atoms with Gasteiger partial charge in [-0.3, -0.25) is 9.59 Å². The summed E-state index contributed by atoms with van der Waals surface area (Å²) >= 11 is 0. The molecular formula is C18H34O5. The van der Waals surface area contributed by atoms with Crippen molar-refractivity contribution in [1.29, 1.82) is 0 Å². The second kappa shape index (κ2) is 15.8. The predicted molar refractivity (Wildman–Crippen MR) is 90.2 cm³/mol. The van der Waals surface area contributed by atoms with Crippen molar-refractivity contribution in [2.45, 2.75) is 71.6 Å². The highest BCUT2D eigenvalue weighted by Crippen LogP contribution is 2.17. The highest BCUT2D eigenvalue weighted by atomic mass is 16.5. The topological polar surface area (TPSA) is 61.8 Å². The molecule has 0 fully saturated rings. The van der Waals surface area contributed by atoms with Crippen LogP contribution in [-0.4, -0.2) is 38.9 Å².